The van der Waals surface area contributed by atoms with Crippen molar-refractivity contribution in [2.45, 2.75) is 81.5 Å². The summed E-state index contributed by atoms with van der Waals surface area (Å²) < 4.78 is 46.5. The molecule has 208 valence electrons. The quantitative estimate of drug-likeness (QED) is 0.438. The van der Waals surface area contributed by atoms with Gasteiger partial charge in [0.2, 0.25) is 5.88 Å². The molecule has 0 N–H and O–H groups in total. The van der Waals surface area contributed by atoms with Crippen LogP contribution in [0.5, 0.6) is 5.88 Å². The first-order chi connectivity index (χ1) is 18.3. The van der Waals surface area contributed by atoms with Crippen molar-refractivity contribution >= 4 is 15.9 Å². The molecule has 10 nitrogen and oxygen atoms in total. The molecule has 1 saturated carbocycles. The third kappa shape index (κ3) is 8.64. The Labute approximate surface area is 224 Å². The maximum Gasteiger partial charge on any atom is 0.410 e. The largest absolute Gasteiger partial charge is 0.473 e. The first-order valence-electron chi connectivity index (χ1n) is 13.2. The lowest BCUT2D eigenvalue weighted by molar-refractivity contribution is -0.0673. The fourth-order valence-electron chi connectivity index (χ4n) is 4.66. The summed E-state index contributed by atoms with van der Waals surface area (Å²) in [5.74, 6) is 0.332. The average Bonchev–Trinajstić information content (AvgIpc) is 2.90. The normalized spacial score (nSPS) is 21.6. The number of rotatable bonds is 10. The second-order valence-electron chi connectivity index (χ2n) is 10.00. The van der Waals surface area contributed by atoms with Crippen LogP contribution in [0.1, 0.15) is 51.0 Å². The number of likely N-dealkylation sites (tertiary alicyclic amines) is 1. The van der Waals surface area contributed by atoms with Crippen molar-refractivity contribution in [3.8, 4) is 5.88 Å². The topological polar surface area (TPSA) is 117 Å². The Kier molecular flexibility index (Phi) is 9.92. The average molecular weight is 548 g/mol. The first kappa shape index (κ1) is 28.3. The van der Waals surface area contributed by atoms with E-state index < -0.39 is 9.84 Å². The summed E-state index contributed by atoms with van der Waals surface area (Å²) in [6, 6.07) is 9.91. The van der Waals surface area contributed by atoms with Gasteiger partial charge in [-0.1, -0.05) is 30.3 Å². The number of carbonyl (C=O) groups excluding carboxylic acids is 1. The summed E-state index contributed by atoms with van der Waals surface area (Å²) in [6.07, 6.45) is 8.34. The van der Waals surface area contributed by atoms with E-state index in [1.54, 1.807) is 4.90 Å². The van der Waals surface area contributed by atoms with Crippen LogP contribution in [0.4, 0.5) is 4.79 Å². The monoisotopic (exact) mass is 547 g/mol. The van der Waals surface area contributed by atoms with Crippen molar-refractivity contribution in [3.63, 3.8) is 0 Å². The van der Waals surface area contributed by atoms with Crippen LogP contribution in [0.25, 0.3) is 0 Å². The van der Waals surface area contributed by atoms with Gasteiger partial charge in [-0.05, 0) is 51.0 Å². The van der Waals surface area contributed by atoms with Gasteiger partial charge in [-0.25, -0.2) is 23.2 Å². The molecular formula is C27H37N3O7S. The van der Waals surface area contributed by atoms with Crippen molar-refractivity contribution in [2.75, 3.05) is 26.0 Å². The predicted molar refractivity (Wildman–Crippen MR) is 140 cm³/mol. The molecule has 1 amide bonds. The fourth-order valence-corrected chi connectivity index (χ4v) is 5.15. The van der Waals surface area contributed by atoms with E-state index in [1.165, 1.54) is 12.4 Å². The van der Waals surface area contributed by atoms with Gasteiger partial charge in [0.25, 0.3) is 0 Å². The number of sulfone groups is 1. The van der Waals surface area contributed by atoms with Crippen LogP contribution in [-0.2, 0) is 30.7 Å². The molecule has 0 unspecified atom stereocenters. The zero-order valence-corrected chi connectivity index (χ0v) is 22.8. The van der Waals surface area contributed by atoms with Crippen LogP contribution in [0, 0.1) is 0 Å². The van der Waals surface area contributed by atoms with E-state index in [0.29, 0.717) is 32.2 Å². The van der Waals surface area contributed by atoms with Gasteiger partial charge in [-0.3, -0.25) is 0 Å². The van der Waals surface area contributed by atoms with Gasteiger partial charge in [0.15, 0.2) is 14.9 Å². The van der Waals surface area contributed by atoms with E-state index >= 15 is 0 Å². The van der Waals surface area contributed by atoms with E-state index in [-0.39, 0.29) is 35.5 Å². The minimum Gasteiger partial charge on any atom is -0.473 e. The van der Waals surface area contributed by atoms with Crippen molar-refractivity contribution in [3.05, 3.63) is 48.3 Å². The molecule has 1 aliphatic carbocycles. The van der Waals surface area contributed by atoms with Crippen LogP contribution < -0.4 is 4.74 Å². The van der Waals surface area contributed by atoms with E-state index in [4.69, 9.17) is 18.9 Å². The standard InChI is InChI=1S/C27H37N3O7S/c1-20(18-34-19-21-6-4-3-5-7-21)35-27(31)30-14-12-24(13-15-30)36-22-8-10-23(11-9-22)37-25-16-29-26(17-28-25)38(2,32)33/h3-7,16-17,20,22-24H,8-15,18-19H2,1-2H3/t20-,22?,23?/m0/s1. The number of carbonyl (C=O) groups is 1. The maximum absolute atomic E-state index is 12.5. The summed E-state index contributed by atoms with van der Waals surface area (Å²) in [7, 11) is -3.38. The number of benzene rings is 1. The van der Waals surface area contributed by atoms with Crippen molar-refractivity contribution in [1.82, 2.24) is 14.9 Å². The van der Waals surface area contributed by atoms with Crippen molar-refractivity contribution in [1.29, 1.82) is 0 Å². The van der Waals surface area contributed by atoms with Gasteiger partial charge in [0.1, 0.15) is 12.2 Å². The maximum atomic E-state index is 12.5. The third-order valence-corrected chi connectivity index (χ3v) is 7.71. The van der Waals surface area contributed by atoms with Gasteiger partial charge in [0, 0.05) is 19.3 Å². The molecule has 1 aliphatic heterocycles. The Balaban J connectivity index is 1.10. The molecule has 1 saturated heterocycles. The minimum atomic E-state index is -3.38. The number of hydrogen-bond donors (Lipinski definition) is 0. The number of aromatic nitrogens is 2. The van der Waals surface area contributed by atoms with Crippen molar-refractivity contribution in [2.24, 2.45) is 0 Å². The van der Waals surface area contributed by atoms with E-state index in [1.807, 2.05) is 37.3 Å². The van der Waals surface area contributed by atoms with Crippen molar-refractivity contribution < 1.29 is 32.2 Å². The second-order valence-corrected chi connectivity index (χ2v) is 12.0. The number of hydrogen-bond acceptors (Lipinski definition) is 9. The van der Waals surface area contributed by atoms with Crippen LogP contribution in [-0.4, -0.2) is 79.7 Å². The molecule has 1 atom stereocenters. The lowest BCUT2D eigenvalue weighted by Crippen LogP contribution is -2.43. The molecule has 0 radical (unpaired) electrons. The summed E-state index contributed by atoms with van der Waals surface area (Å²) >= 11 is 0. The lowest BCUT2D eigenvalue weighted by Gasteiger charge is -2.36. The molecule has 38 heavy (non-hydrogen) atoms. The Morgan fingerprint density at radius 1 is 0.974 bits per heavy atom. The number of piperidine rings is 1. The van der Waals surface area contributed by atoms with E-state index in [0.717, 1.165) is 50.3 Å². The molecule has 0 bridgehead atoms. The molecule has 1 aromatic heterocycles. The molecule has 1 aromatic carbocycles. The smallest absolute Gasteiger partial charge is 0.410 e. The highest BCUT2D eigenvalue weighted by Crippen LogP contribution is 2.27. The highest BCUT2D eigenvalue weighted by Gasteiger charge is 2.30. The Morgan fingerprint density at radius 2 is 1.63 bits per heavy atom. The molecule has 2 aliphatic rings. The number of ether oxygens (including phenoxy) is 4. The molecule has 0 spiro atoms. The SMILES string of the molecule is C[C@@H](COCc1ccccc1)OC(=O)N1CCC(OC2CCC(Oc3cnc(S(C)(=O)=O)cn3)CC2)CC1. The minimum absolute atomic E-state index is 0.00325. The Bertz CT molecular complexity index is 1120. The number of nitrogens with zero attached hydrogens (tertiary/aromatic N) is 3. The Morgan fingerprint density at radius 3 is 2.26 bits per heavy atom. The zero-order valence-electron chi connectivity index (χ0n) is 22.0. The van der Waals surface area contributed by atoms with Gasteiger partial charge in [0.05, 0.1) is 37.8 Å². The van der Waals surface area contributed by atoms with Gasteiger partial charge >= 0.3 is 6.09 Å². The molecule has 2 fully saturated rings. The zero-order chi connectivity index (χ0) is 27.0. The summed E-state index contributed by atoms with van der Waals surface area (Å²) in [6.45, 7) is 3.91. The summed E-state index contributed by atoms with van der Waals surface area (Å²) in [5, 5.41) is -0.0661. The van der Waals surface area contributed by atoms with Crippen LogP contribution >= 0.6 is 0 Å². The highest BCUT2D eigenvalue weighted by molar-refractivity contribution is 7.90. The fraction of sp³-hybridized carbons (Fsp3) is 0.593. The summed E-state index contributed by atoms with van der Waals surface area (Å²) in [4.78, 5) is 22.3. The molecule has 2 heterocycles. The van der Waals surface area contributed by atoms with E-state index in [9.17, 15) is 13.2 Å². The molecular weight excluding hydrogens is 510 g/mol. The van der Waals surface area contributed by atoms with Gasteiger partial charge < -0.3 is 23.8 Å². The Hall–Kier alpha value is -2.76. The third-order valence-electron chi connectivity index (χ3n) is 6.74. The van der Waals surface area contributed by atoms with Gasteiger partial charge in [-0.15, -0.1) is 0 Å². The van der Waals surface area contributed by atoms with Crippen LogP contribution in [0.15, 0.2) is 47.8 Å². The van der Waals surface area contributed by atoms with Gasteiger partial charge in [-0.2, -0.15) is 0 Å². The molecule has 2 aromatic rings. The molecule has 4 rings (SSSR count). The second kappa shape index (κ2) is 13.3. The highest BCUT2D eigenvalue weighted by atomic mass is 32.2. The number of amides is 1. The van der Waals surface area contributed by atoms with E-state index in [2.05, 4.69) is 9.97 Å². The summed E-state index contributed by atoms with van der Waals surface area (Å²) in [5.41, 5.74) is 1.09. The van der Waals surface area contributed by atoms with Crippen LogP contribution in [0.2, 0.25) is 0 Å². The first-order valence-corrected chi connectivity index (χ1v) is 15.1. The predicted octanol–water partition coefficient (Wildman–Crippen LogP) is 3.79. The molecule has 11 heteroatoms. The van der Waals surface area contributed by atoms with Crippen LogP contribution in [0.3, 0.4) is 0 Å². The lowest BCUT2D eigenvalue weighted by atomic mass is 9.94.